The van der Waals surface area contributed by atoms with Crippen LogP contribution in [0.4, 0.5) is 17.5 Å². The molecule has 0 aliphatic carbocycles. The van der Waals surface area contributed by atoms with Gasteiger partial charge in [0.25, 0.3) is 5.56 Å². The number of primary amides is 1. The largest absolute Gasteiger partial charge is 0.384 e. The van der Waals surface area contributed by atoms with E-state index in [1.807, 2.05) is 48.0 Å². The van der Waals surface area contributed by atoms with Gasteiger partial charge < -0.3 is 21.3 Å². The monoisotopic (exact) mass is 447 g/mol. The average Bonchev–Trinajstić information content (AvgIpc) is 2.79. The number of benzene rings is 1. The minimum Gasteiger partial charge on any atom is -0.384 e. The normalized spacial score (nSPS) is 15.2. The highest BCUT2D eigenvalue weighted by atomic mass is 16.2. The highest BCUT2D eigenvalue weighted by Gasteiger charge is 2.30. The first kappa shape index (κ1) is 22.3. The van der Waals surface area contributed by atoms with Crippen LogP contribution in [0.3, 0.4) is 0 Å². The summed E-state index contributed by atoms with van der Waals surface area (Å²) in [6.07, 6.45) is 2.85. The van der Waals surface area contributed by atoms with Crippen LogP contribution in [-0.4, -0.2) is 40.6 Å². The summed E-state index contributed by atoms with van der Waals surface area (Å²) in [5, 5.41) is 0. The summed E-state index contributed by atoms with van der Waals surface area (Å²) in [7, 11) is 1.88. The van der Waals surface area contributed by atoms with E-state index in [-0.39, 0.29) is 11.4 Å². The zero-order valence-electron chi connectivity index (χ0n) is 18.9. The number of nitrogens with zero attached hydrogens (tertiary/aromatic N) is 5. The van der Waals surface area contributed by atoms with Gasteiger partial charge in [0.15, 0.2) is 5.82 Å². The second-order valence-corrected chi connectivity index (χ2v) is 8.38. The SMILES string of the molecule is Cc1nc(N)ccc1CN(CCc1ccccc1)c1ncc2n(c1=O)[C@H](C(N)=O)CCN2C. The summed E-state index contributed by atoms with van der Waals surface area (Å²) in [5.74, 6) is 0.809. The van der Waals surface area contributed by atoms with Crippen molar-refractivity contribution in [3.63, 3.8) is 0 Å². The third-order valence-electron chi connectivity index (χ3n) is 6.12. The molecule has 1 aromatic carbocycles. The standard InChI is InChI=1S/C24H29N7O2/c1-16-18(8-9-20(25)28-16)15-30(13-10-17-6-4-3-5-7-17)23-24(33)31-19(22(26)32)11-12-29(2)21(31)14-27-23/h3-9,14,19H,10-13,15H2,1-2H3,(H2,25,28)(H2,26,32)/t19-/m0/s1. The van der Waals surface area contributed by atoms with Crippen LogP contribution in [0.15, 0.2) is 53.5 Å². The number of hydrogen-bond donors (Lipinski definition) is 2. The van der Waals surface area contributed by atoms with Gasteiger partial charge in [-0.25, -0.2) is 9.97 Å². The molecular formula is C24H29N7O2. The minimum atomic E-state index is -0.693. The Hall–Kier alpha value is -3.88. The molecule has 0 fully saturated rings. The molecule has 1 aliphatic heterocycles. The first-order chi connectivity index (χ1) is 15.8. The van der Waals surface area contributed by atoms with Crippen molar-refractivity contribution in [3.05, 3.63) is 75.8 Å². The fourth-order valence-electron chi connectivity index (χ4n) is 4.23. The van der Waals surface area contributed by atoms with Gasteiger partial charge in [-0.1, -0.05) is 36.4 Å². The van der Waals surface area contributed by atoms with E-state index in [0.717, 1.165) is 23.2 Å². The van der Waals surface area contributed by atoms with E-state index in [1.54, 1.807) is 12.3 Å². The van der Waals surface area contributed by atoms with Gasteiger partial charge in [0.05, 0.1) is 6.20 Å². The summed E-state index contributed by atoms with van der Waals surface area (Å²) < 4.78 is 1.48. The van der Waals surface area contributed by atoms with Crippen LogP contribution in [0.2, 0.25) is 0 Å². The summed E-state index contributed by atoms with van der Waals surface area (Å²) >= 11 is 0. The molecule has 172 valence electrons. The van der Waals surface area contributed by atoms with E-state index in [0.29, 0.717) is 37.7 Å². The molecule has 0 spiro atoms. The second kappa shape index (κ2) is 9.32. The molecular weight excluding hydrogens is 418 g/mol. The highest BCUT2D eigenvalue weighted by molar-refractivity contribution is 5.79. The van der Waals surface area contributed by atoms with Gasteiger partial charge in [-0.05, 0) is 37.0 Å². The van der Waals surface area contributed by atoms with Crippen molar-refractivity contribution >= 4 is 23.4 Å². The number of fused-ring (bicyclic) bond motifs is 1. The summed E-state index contributed by atoms with van der Waals surface area (Å²) in [6.45, 7) is 3.52. The van der Waals surface area contributed by atoms with Crippen LogP contribution in [-0.2, 0) is 17.8 Å². The lowest BCUT2D eigenvalue weighted by Crippen LogP contribution is -2.45. The van der Waals surface area contributed by atoms with E-state index in [4.69, 9.17) is 11.5 Å². The number of anilines is 3. The maximum absolute atomic E-state index is 13.6. The Balaban J connectivity index is 1.75. The predicted octanol–water partition coefficient (Wildman–Crippen LogP) is 1.64. The van der Waals surface area contributed by atoms with Crippen LogP contribution in [0.1, 0.15) is 29.3 Å². The number of aryl methyl sites for hydroxylation is 1. The van der Waals surface area contributed by atoms with Gasteiger partial charge in [-0.2, -0.15) is 0 Å². The Morgan fingerprint density at radius 1 is 1.21 bits per heavy atom. The van der Waals surface area contributed by atoms with Crippen molar-refractivity contribution in [2.45, 2.75) is 32.4 Å². The van der Waals surface area contributed by atoms with E-state index in [9.17, 15) is 9.59 Å². The highest BCUT2D eigenvalue weighted by Crippen LogP contribution is 2.26. The average molecular weight is 448 g/mol. The molecule has 1 atom stereocenters. The maximum Gasteiger partial charge on any atom is 0.295 e. The Kier molecular flexibility index (Phi) is 6.30. The number of rotatable bonds is 7. The molecule has 9 nitrogen and oxygen atoms in total. The number of nitrogen functional groups attached to an aromatic ring is 1. The first-order valence-electron chi connectivity index (χ1n) is 11.0. The lowest BCUT2D eigenvalue weighted by Gasteiger charge is -2.34. The molecule has 0 bridgehead atoms. The minimum absolute atomic E-state index is 0.285. The van der Waals surface area contributed by atoms with E-state index in [2.05, 4.69) is 22.1 Å². The number of hydrogen-bond acceptors (Lipinski definition) is 7. The lowest BCUT2D eigenvalue weighted by atomic mass is 10.1. The van der Waals surface area contributed by atoms with Gasteiger partial charge in [0.2, 0.25) is 5.91 Å². The van der Waals surface area contributed by atoms with Gasteiger partial charge in [0.1, 0.15) is 17.7 Å². The van der Waals surface area contributed by atoms with Crippen molar-refractivity contribution in [2.75, 3.05) is 35.7 Å². The Morgan fingerprint density at radius 3 is 2.67 bits per heavy atom. The Bertz CT molecular complexity index is 1210. The predicted molar refractivity (Wildman–Crippen MR) is 129 cm³/mol. The summed E-state index contributed by atoms with van der Waals surface area (Å²) in [5.41, 5.74) is 14.0. The molecule has 3 heterocycles. The van der Waals surface area contributed by atoms with Crippen LogP contribution in [0.5, 0.6) is 0 Å². The van der Waals surface area contributed by atoms with Crippen LogP contribution in [0, 0.1) is 6.92 Å². The molecule has 3 aromatic rings. The van der Waals surface area contributed by atoms with E-state index in [1.165, 1.54) is 4.57 Å². The third kappa shape index (κ3) is 4.67. The zero-order valence-corrected chi connectivity index (χ0v) is 18.9. The topological polar surface area (TPSA) is 123 Å². The number of nitrogens with two attached hydrogens (primary N) is 2. The van der Waals surface area contributed by atoms with Crippen molar-refractivity contribution in [1.82, 2.24) is 14.5 Å². The molecule has 1 aliphatic rings. The Labute approximate surface area is 192 Å². The van der Waals surface area contributed by atoms with Crippen LogP contribution in [0.25, 0.3) is 0 Å². The number of pyridine rings is 1. The molecule has 0 saturated carbocycles. The van der Waals surface area contributed by atoms with Crippen molar-refractivity contribution in [2.24, 2.45) is 5.73 Å². The fraction of sp³-hybridized carbons (Fsp3) is 0.333. The zero-order chi connectivity index (χ0) is 23.5. The molecule has 2 aromatic heterocycles. The molecule has 0 radical (unpaired) electrons. The van der Waals surface area contributed by atoms with Gasteiger partial charge in [-0.3, -0.25) is 14.2 Å². The van der Waals surface area contributed by atoms with Crippen molar-refractivity contribution in [3.8, 4) is 0 Å². The number of amides is 1. The third-order valence-corrected chi connectivity index (χ3v) is 6.12. The van der Waals surface area contributed by atoms with Crippen LogP contribution < -0.4 is 26.8 Å². The first-order valence-corrected chi connectivity index (χ1v) is 11.0. The van der Waals surface area contributed by atoms with Crippen LogP contribution >= 0.6 is 0 Å². The molecule has 4 rings (SSSR count). The molecule has 1 amide bonds. The number of carbonyl (C=O) groups is 1. The van der Waals surface area contributed by atoms with Gasteiger partial charge >= 0.3 is 0 Å². The Morgan fingerprint density at radius 2 is 1.97 bits per heavy atom. The lowest BCUT2D eigenvalue weighted by molar-refractivity contribution is -0.121. The second-order valence-electron chi connectivity index (χ2n) is 8.38. The molecule has 33 heavy (non-hydrogen) atoms. The molecule has 9 heteroatoms. The molecule has 0 unspecified atom stereocenters. The number of aromatic nitrogens is 3. The summed E-state index contributed by atoms with van der Waals surface area (Å²) in [6, 6.07) is 13.1. The molecule has 0 saturated heterocycles. The molecule has 4 N–H and O–H groups in total. The quantitative estimate of drug-likeness (QED) is 0.564. The van der Waals surface area contributed by atoms with Gasteiger partial charge in [0, 0.05) is 32.4 Å². The number of carbonyl (C=O) groups excluding carboxylic acids is 1. The van der Waals surface area contributed by atoms with Gasteiger partial charge in [-0.15, -0.1) is 0 Å². The summed E-state index contributed by atoms with van der Waals surface area (Å²) in [4.78, 5) is 38.5. The van der Waals surface area contributed by atoms with E-state index < -0.39 is 11.9 Å². The fourth-order valence-corrected chi connectivity index (χ4v) is 4.23. The van der Waals surface area contributed by atoms with Crippen molar-refractivity contribution in [1.29, 1.82) is 0 Å². The smallest absolute Gasteiger partial charge is 0.295 e. The van der Waals surface area contributed by atoms with Crippen molar-refractivity contribution < 1.29 is 4.79 Å². The van der Waals surface area contributed by atoms with E-state index >= 15 is 0 Å². The maximum atomic E-state index is 13.6.